The Bertz CT molecular complexity index is 450. The summed E-state index contributed by atoms with van der Waals surface area (Å²) in [5.74, 6) is -1.67. The Hall–Kier alpha value is -1.98. The molecule has 1 rings (SSSR count). The summed E-state index contributed by atoms with van der Waals surface area (Å²) in [5, 5.41) is 8.40. The Morgan fingerprint density at radius 3 is 2.59 bits per heavy atom. The minimum absolute atomic E-state index is 0.0512. The number of aliphatic carboxylic acids is 1. The molecule has 1 N–H and O–H groups in total. The van der Waals surface area contributed by atoms with Gasteiger partial charge >= 0.3 is 12.3 Å². The van der Waals surface area contributed by atoms with Crippen molar-refractivity contribution >= 4 is 12.0 Å². The van der Waals surface area contributed by atoms with E-state index in [-0.39, 0.29) is 5.56 Å². The van der Waals surface area contributed by atoms with Gasteiger partial charge < -0.3 is 9.84 Å². The van der Waals surface area contributed by atoms with E-state index in [1.165, 1.54) is 12.1 Å². The lowest BCUT2D eigenvalue weighted by Crippen LogP contribution is -2.17. The zero-order valence-corrected chi connectivity index (χ0v) is 8.78. The van der Waals surface area contributed by atoms with Gasteiger partial charge in [-0.3, -0.25) is 0 Å². The predicted octanol–water partition coefficient (Wildman–Crippen LogP) is 2.99. The van der Waals surface area contributed by atoms with E-state index in [0.717, 1.165) is 12.2 Å². The maximum absolute atomic E-state index is 12.1. The molecule has 0 amide bonds. The third-order valence-corrected chi connectivity index (χ3v) is 1.80. The zero-order valence-electron chi connectivity index (χ0n) is 8.78. The largest absolute Gasteiger partial charge is 0.573 e. The van der Waals surface area contributed by atoms with E-state index in [4.69, 9.17) is 5.11 Å². The van der Waals surface area contributed by atoms with E-state index >= 15 is 0 Å². The SMILES string of the molecule is Cc1ccc(/C=C/C(=O)O)c(OC(F)(F)F)c1. The van der Waals surface area contributed by atoms with Crippen molar-refractivity contribution in [2.45, 2.75) is 13.3 Å². The standard InChI is InChI=1S/C11H9F3O3/c1-7-2-3-8(4-5-10(15)16)9(6-7)17-11(12,13)14/h2-6H,1H3,(H,15,16)/b5-4+. The van der Waals surface area contributed by atoms with Crippen molar-refractivity contribution in [3.63, 3.8) is 0 Å². The number of aryl methyl sites for hydroxylation is 1. The minimum Gasteiger partial charge on any atom is -0.478 e. The molecule has 0 radical (unpaired) electrons. The molecule has 3 nitrogen and oxygen atoms in total. The Morgan fingerprint density at radius 2 is 2.06 bits per heavy atom. The fraction of sp³-hybridized carbons (Fsp3) is 0.182. The van der Waals surface area contributed by atoms with Gasteiger partial charge in [0.05, 0.1) is 0 Å². The lowest BCUT2D eigenvalue weighted by atomic mass is 10.1. The second kappa shape index (κ2) is 4.90. The second-order valence-electron chi connectivity index (χ2n) is 3.26. The monoisotopic (exact) mass is 246 g/mol. The van der Waals surface area contributed by atoms with Crippen molar-refractivity contribution in [1.82, 2.24) is 0 Å². The van der Waals surface area contributed by atoms with Gasteiger partial charge in [0.15, 0.2) is 0 Å². The van der Waals surface area contributed by atoms with E-state index in [2.05, 4.69) is 4.74 Å². The molecular formula is C11H9F3O3. The summed E-state index contributed by atoms with van der Waals surface area (Å²) in [6.07, 6.45) is -3.02. The van der Waals surface area contributed by atoms with Gasteiger partial charge in [-0.05, 0) is 24.6 Å². The van der Waals surface area contributed by atoms with Gasteiger partial charge in [0.2, 0.25) is 0 Å². The first kappa shape index (κ1) is 13.1. The second-order valence-corrected chi connectivity index (χ2v) is 3.26. The number of alkyl halides is 3. The molecule has 1 aromatic carbocycles. The summed E-state index contributed by atoms with van der Waals surface area (Å²) in [6.45, 7) is 1.61. The third-order valence-electron chi connectivity index (χ3n) is 1.80. The number of ether oxygens (including phenoxy) is 1. The fourth-order valence-corrected chi connectivity index (χ4v) is 1.15. The molecule has 1 aromatic rings. The van der Waals surface area contributed by atoms with Crippen LogP contribution in [0.4, 0.5) is 13.2 Å². The molecule has 0 fully saturated rings. The highest BCUT2D eigenvalue weighted by atomic mass is 19.4. The Labute approximate surface area is 95.1 Å². The van der Waals surface area contributed by atoms with Crippen LogP contribution >= 0.6 is 0 Å². The number of carboxylic acids is 1. The van der Waals surface area contributed by atoms with Crippen LogP contribution in [0, 0.1) is 6.92 Å². The normalized spacial score (nSPS) is 11.8. The summed E-state index contributed by atoms with van der Waals surface area (Å²) in [7, 11) is 0. The molecule has 0 spiro atoms. The summed E-state index contributed by atoms with van der Waals surface area (Å²) in [6, 6.07) is 4.11. The molecular weight excluding hydrogens is 237 g/mol. The van der Waals surface area contributed by atoms with Crippen LogP contribution in [0.5, 0.6) is 5.75 Å². The van der Waals surface area contributed by atoms with E-state index < -0.39 is 18.1 Å². The van der Waals surface area contributed by atoms with Gasteiger partial charge in [0, 0.05) is 11.6 Å². The lowest BCUT2D eigenvalue weighted by molar-refractivity contribution is -0.274. The topological polar surface area (TPSA) is 46.5 Å². The van der Waals surface area contributed by atoms with Crippen LogP contribution < -0.4 is 4.74 Å². The maximum atomic E-state index is 12.1. The van der Waals surface area contributed by atoms with Crippen LogP contribution in [0.3, 0.4) is 0 Å². The van der Waals surface area contributed by atoms with Crippen molar-refractivity contribution < 1.29 is 27.8 Å². The summed E-state index contributed by atoms with van der Waals surface area (Å²) < 4.78 is 40.1. The molecule has 6 heteroatoms. The molecule has 0 bridgehead atoms. The Kier molecular flexibility index (Phi) is 3.77. The highest BCUT2D eigenvalue weighted by Gasteiger charge is 2.31. The Morgan fingerprint density at radius 1 is 1.41 bits per heavy atom. The fourth-order valence-electron chi connectivity index (χ4n) is 1.15. The van der Waals surface area contributed by atoms with Crippen molar-refractivity contribution in [3.8, 4) is 5.75 Å². The lowest BCUT2D eigenvalue weighted by Gasteiger charge is -2.11. The summed E-state index contributed by atoms with van der Waals surface area (Å²) in [5.41, 5.74) is 0.632. The van der Waals surface area contributed by atoms with Crippen molar-refractivity contribution in [2.24, 2.45) is 0 Å². The van der Waals surface area contributed by atoms with Gasteiger partial charge in [-0.25, -0.2) is 4.79 Å². The molecule has 17 heavy (non-hydrogen) atoms. The van der Waals surface area contributed by atoms with Gasteiger partial charge in [0.1, 0.15) is 5.75 Å². The van der Waals surface area contributed by atoms with Crippen molar-refractivity contribution in [1.29, 1.82) is 0 Å². The first-order valence-electron chi connectivity index (χ1n) is 4.55. The maximum Gasteiger partial charge on any atom is 0.573 e. The zero-order chi connectivity index (χ0) is 13.1. The molecule has 0 saturated heterocycles. The third kappa shape index (κ3) is 4.58. The quantitative estimate of drug-likeness (QED) is 0.834. The van der Waals surface area contributed by atoms with Gasteiger partial charge in [-0.2, -0.15) is 0 Å². The number of rotatable bonds is 3. The number of carbonyl (C=O) groups is 1. The molecule has 0 aliphatic heterocycles. The number of benzene rings is 1. The van der Waals surface area contributed by atoms with Crippen LogP contribution in [-0.2, 0) is 4.79 Å². The van der Waals surface area contributed by atoms with E-state index in [1.807, 2.05) is 0 Å². The predicted molar refractivity (Wildman–Crippen MR) is 54.5 cm³/mol. The number of carboxylic acid groups (broad SMARTS) is 1. The Balaban J connectivity index is 3.08. The van der Waals surface area contributed by atoms with Crippen LogP contribution in [0.25, 0.3) is 6.08 Å². The first-order chi connectivity index (χ1) is 7.78. The summed E-state index contributed by atoms with van der Waals surface area (Å²) in [4.78, 5) is 10.3. The van der Waals surface area contributed by atoms with Crippen LogP contribution in [-0.4, -0.2) is 17.4 Å². The van der Waals surface area contributed by atoms with Crippen LogP contribution in [0.1, 0.15) is 11.1 Å². The average Bonchev–Trinajstić information content (AvgIpc) is 2.13. The molecule has 0 heterocycles. The van der Waals surface area contributed by atoms with Crippen molar-refractivity contribution in [2.75, 3.05) is 0 Å². The molecule has 0 atom stereocenters. The highest BCUT2D eigenvalue weighted by molar-refractivity contribution is 5.85. The minimum atomic E-state index is -4.81. The van der Waals surface area contributed by atoms with Gasteiger partial charge in [-0.15, -0.1) is 13.2 Å². The summed E-state index contributed by atoms with van der Waals surface area (Å²) >= 11 is 0. The molecule has 0 aliphatic carbocycles. The molecule has 0 aliphatic rings. The van der Waals surface area contributed by atoms with E-state index in [0.29, 0.717) is 5.56 Å². The number of hydrogen-bond acceptors (Lipinski definition) is 2. The van der Waals surface area contributed by atoms with E-state index in [1.54, 1.807) is 13.0 Å². The van der Waals surface area contributed by atoms with Crippen LogP contribution in [0.15, 0.2) is 24.3 Å². The van der Waals surface area contributed by atoms with Crippen molar-refractivity contribution in [3.05, 3.63) is 35.4 Å². The van der Waals surface area contributed by atoms with E-state index in [9.17, 15) is 18.0 Å². The smallest absolute Gasteiger partial charge is 0.478 e. The number of halogens is 3. The van der Waals surface area contributed by atoms with Gasteiger partial charge in [-0.1, -0.05) is 12.1 Å². The highest BCUT2D eigenvalue weighted by Crippen LogP contribution is 2.28. The number of hydrogen-bond donors (Lipinski definition) is 1. The molecule has 92 valence electrons. The average molecular weight is 246 g/mol. The first-order valence-corrected chi connectivity index (χ1v) is 4.55. The van der Waals surface area contributed by atoms with Gasteiger partial charge in [0.25, 0.3) is 0 Å². The van der Waals surface area contributed by atoms with Crippen LogP contribution in [0.2, 0.25) is 0 Å². The molecule has 0 unspecified atom stereocenters. The molecule has 0 aromatic heterocycles. The molecule has 0 saturated carbocycles.